The molecule has 1 N–H and O–H groups in total. The molecule has 18 heavy (non-hydrogen) atoms. The van der Waals surface area contributed by atoms with Crippen LogP contribution in [0, 0.1) is 11.8 Å². The molecular formula is C16H24ClN. The third-order valence-electron chi connectivity index (χ3n) is 4.29. The standard InChI is InChI=1S/C16H24ClN/c1-11-4-5-12(2)16(10-11)18-13(3)14-6-8-15(17)9-7-14/h6-9,11-13,16,18H,4-5,10H2,1-3H3/t11?,12?,13-,16?/m0/s1. The first kappa shape index (κ1) is 13.9. The van der Waals surface area contributed by atoms with Gasteiger partial charge in [-0.05, 0) is 49.3 Å². The fourth-order valence-electron chi connectivity index (χ4n) is 2.93. The van der Waals surface area contributed by atoms with Crippen LogP contribution in [0.4, 0.5) is 0 Å². The van der Waals surface area contributed by atoms with Gasteiger partial charge in [0.05, 0.1) is 0 Å². The molecule has 1 saturated carbocycles. The average Bonchev–Trinajstić information content (AvgIpc) is 2.34. The molecule has 2 rings (SSSR count). The van der Waals surface area contributed by atoms with Crippen molar-refractivity contribution in [2.24, 2.45) is 11.8 Å². The van der Waals surface area contributed by atoms with Gasteiger partial charge in [-0.2, -0.15) is 0 Å². The molecule has 0 amide bonds. The van der Waals surface area contributed by atoms with Crippen LogP contribution in [0.2, 0.25) is 5.02 Å². The van der Waals surface area contributed by atoms with Crippen LogP contribution in [0.3, 0.4) is 0 Å². The Bertz CT molecular complexity index is 373. The van der Waals surface area contributed by atoms with Crippen LogP contribution >= 0.6 is 11.6 Å². The number of halogens is 1. The summed E-state index contributed by atoms with van der Waals surface area (Å²) >= 11 is 5.93. The fourth-order valence-corrected chi connectivity index (χ4v) is 3.06. The SMILES string of the molecule is CC1CCC(C)C(N[C@@H](C)c2ccc(Cl)cc2)C1. The number of rotatable bonds is 3. The topological polar surface area (TPSA) is 12.0 Å². The van der Waals surface area contributed by atoms with Crippen LogP contribution in [0.15, 0.2) is 24.3 Å². The van der Waals surface area contributed by atoms with Gasteiger partial charge in [-0.3, -0.25) is 0 Å². The molecule has 1 aliphatic rings. The van der Waals surface area contributed by atoms with Crippen molar-refractivity contribution in [3.05, 3.63) is 34.9 Å². The maximum absolute atomic E-state index is 5.93. The largest absolute Gasteiger partial charge is 0.307 e. The van der Waals surface area contributed by atoms with E-state index in [1.54, 1.807) is 0 Å². The lowest BCUT2D eigenvalue weighted by molar-refractivity contribution is 0.216. The quantitative estimate of drug-likeness (QED) is 0.827. The lowest BCUT2D eigenvalue weighted by Gasteiger charge is -2.35. The van der Waals surface area contributed by atoms with Crippen molar-refractivity contribution in [1.29, 1.82) is 0 Å². The van der Waals surface area contributed by atoms with Gasteiger partial charge in [0.2, 0.25) is 0 Å². The van der Waals surface area contributed by atoms with E-state index in [0.29, 0.717) is 12.1 Å². The minimum absolute atomic E-state index is 0.403. The number of hydrogen-bond acceptors (Lipinski definition) is 1. The lowest BCUT2D eigenvalue weighted by Crippen LogP contribution is -2.40. The van der Waals surface area contributed by atoms with Gasteiger partial charge in [-0.1, -0.05) is 44.0 Å². The average molecular weight is 266 g/mol. The molecule has 0 bridgehead atoms. The summed E-state index contributed by atoms with van der Waals surface area (Å²) in [6.45, 7) is 6.99. The molecule has 1 aliphatic carbocycles. The van der Waals surface area contributed by atoms with E-state index in [2.05, 4.69) is 38.2 Å². The number of benzene rings is 1. The summed E-state index contributed by atoms with van der Waals surface area (Å²) in [5.74, 6) is 1.65. The minimum Gasteiger partial charge on any atom is -0.307 e. The molecule has 0 spiro atoms. The smallest absolute Gasteiger partial charge is 0.0406 e. The van der Waals surface area contributed by atoms with Crippen molar-refractivity contribution in [2.45, 2.75) is 52.1 Å². The van der Waals surface area contributed by atoms with E-state index >= 15 is 0 Å². The lowest BCUT2D eigenvalue weighted by atomic mass is 9.79. The Kier molecular flexibility index (Phi) is 4.69. The van der Waals surface area contributed by atoms with Gasteiger partial charge in [-0.15, -0.1) is 0 Å². The molecule has 1 aromatic rings. The zero-order chi connectivity index (χ0) is 13.1. The molecule has 0 heterocycles. The molecule has 1 fully saturated rings. The van der Waals surface area contributed by atoms with E-state index in [4.69, 9.17) is 11.6 Å². The third kappa shape index (κ3) is 3.49. The van der Waals surface area contributed by atoms with E-state index < -0.39 is 0 Å². The van der Waals surface area contributed by atoms with Gasteiger partial charge in [0.1, 0.15) is 0 Å². The van der Waals surface area contributed by atoms with Gasteiger partial charge in [0, 0.05) is 17.1 Å². The molecule has 0 aromatic heterocycles. The predicted molar refractivity (Wildman–Crippen MR) is 79.0 cm³/mol. The monoisotopic (exact) mass is 265 g/mol. The molecule has 0 saturated heterocycles. The molecule has 100 valence electrons. The Balaban J connectivity index is 1.97. The second kappa shape index (κ2) is 6.08. The molecule has 4 atom stereocenters. The minimum atomic E-state index is 0.403. The highest BCUT2D eigenvalue weighted by molar-refractivity contribution is 6.30. The molecule has 0 aliphatic heterocycles. The van der Waals surface area contributed by atoms with Crippen LogP contribution < -0.4 is 5.32 Å². The number of nitrogens with one attached hydrogen (secondary N) is 1. The predicted octanol–water partition coefficient (Wildman–Crippen LogP) is 4.82. The van der Waals surface area contributed by atoms with Crippen LogP contribution in [0.1, 0.15) is 51.6 Å². The van der Waals surface area contributed by atoms with Crippen molar-refractivity contribution in [1.82, 2.24) is 5.32 Å². The van der Waals surface area contributed by atoms with Crippen LogP contribution in [0.5, 0.6) is 0 Å². The van der Waals surface area contributed by atoms with E-state index in [0.717, 1.165) is 16.9 Å². The summed E-state index contributed by atoms with van der Waals surface area (Å²) in [5.41, 5.74) is 1.32. The zero-order valence-electron chi connectivity index (χ0n) is 11.6. The highest BCUT2D eigenvalue weighted by Gasteiger charge is 2.26. The Morgan fingerprint density at radius 1 is 1.17 bits per heavy atom. The first-order chi connectivity index (χ1) is 8.56. The van der Waals surface area contributed by atoms with Crippen molar-refractivity contribution < 1.29 is 0 Å². The van der Waals surface area contributed by atoms with E-state index in [9.17, 15) is 0 Å². The molecule has 0 radical (unpaired) electrons. The maximum atomic E-state index is 5.93. The van der Waals surface area contributed by atoms with Gasteiger partial charge < -0.3 is 5.32 Å². The summed E-state index contributed by atoms with van der Waals surface area (Å²) in [4.78, 5) is 0. The van der Waals surface area contributed by atoms with Crippen molar-refractivity contribution in [2.75, 3.05) is 0 Å². The summed E-state index contributed by atoms with van der Waals surface area (Å²) in [7, 11) is 0. The van der Waals surface area contributed by atoms with Crippen LogP contribution in [0.25, 0.3) is 0 Å². The Labute approximate surface area is 116 Å². The summed E-state index contributed by atoms with van der Waals surface area (Å²) < 4.78 is 0. The van der Waals surface area contributed by atoms with E-state index in [1.807, 2.05) is 12.1 Å². The van der Waals surface area contributed by atoms with E-state index in [1.165, 1.54) is 24.8 Å². The molecule has 2 heteroatoms. The van der Waals surface area contributed by atoms with Gasteiger partial charge in [0.15, 0.2) is 0 Å². The highest BCUT2D eigenvalue weighted by atomic mass is 35.5. The Morgan fingerprint density at radius 3 is 2.50 bits per heavy atom. The first-order valence-corrected chi connectivity index (χ1v) is 7.45. The number of hydrogen-bond donors (Lipinski definition) is 1. The molecule has 1 nitrogen and oxygen atoms in total. The Morgan fingerprint density at radius 2 is 1.83 bits per heavy atom. The highest BCUT2D eigenvalue weighted by Crippen LogP contribution is 2.30. The van der Waals surface area contributed by atoms with Crippen LogP contribution in [-0.4, -0.2) is 6.04 Å². The Hall–Kier alpha value is -0.530. The first-order valence-electron chi connectivity index (χ1n) is 7.07. The summed E-state index contributed by atoms with van der Waals surface area (Å²) in [5, 5.41) is 4.60. The summed E-state index contributed by atoms with van der Waals surface area (Å²) in [6.07, 6.45) is 4.04. The normalized spacial score (nSPS) is 30.1. The van der Waals surface area contributed by atoms with Crippen molar-refractivity contribution in [3.8, 4) is 0 Å². The van der Waals surface area contributed by atoms with Crippen molar-refractivity contribution in [3.63, 3.8) is 0 Å². The molecule has 3 unspecified atom stereocenters. The second-order valence-corrected chi connectivity index (χ2v) is 6.38. The van der Waals surface area contributed by atoms with E-state index in [-0.39, 0.29) is 0 Å². The van der Waals surface area contributed by atoms with Crippen LogP contribution in [-0.2, 0) is 0 Å². The maximum Gasteiger partial charge on any atom is 0.0406 e. The molecular weight excluding hydrogens is 242 g/mol. The van der Waals surface area contributed by atoms with Gasteiger partial charge >= 0.3 is 0 Å². The second-order valence-electron chi connectivity index (χ2n) is 5.94. The van der Waals surface area contributed by atoms with Gasteiger partial charge in [0.25, 0.3) is 0 Å². The third-order valence-corrected chi connectivity index (χ3v) is 4.54. The van der Waals surface area contributed by atoms with Gasteiger partial charge in [-0.25, -0.2) is 0 Å². The zero-order valence-corrected chi connectivity index (χ0v) is 12.4. The molecule has 1 aromatic carbocycles. The van der Waals surface area contributed by atoms with Crippen molar-refractivity contribution >= 4 is 11.6 Å². The fraction of sp³-hybridized carbons (Fsp3) is 0.625. The summed E-state index contributed by atoms with van der Waals surface area (Å²) in [6, 6.07) is 9.25.